The third-order valence-electron chi connectivity index (χ3n) is 2.20. The molecule has 0 fully saturated rings. The first-order valence-corrected chi connectivity index (χ1v) is 5.81. The normalized spacial score (nSPS) is 15.3. The van der Waals surface area contributed by atoms with Crippen molar-refractivity contribution in [3.05, 3.63) is 0 Å². The molecule has 0 rings (SSSR count). The Morgan fingerprint density at radius 1 is 1.38 bits per heavy atom. The van der Waals surface area contributed by atoms with E-state index in [4.69, 9.17) is 17.3 Å². The largest absolute Gasteiger partial charge is 0.368 e. The van der Waals surface area contributed by atoms with Gasteiger partial charge in [0, 0.05) is 0 Å². The zero-order valence-corrected chi connectivity index (χ0v) is 11.1. The first-order chi connectivity index (χ1) is 7.13. The average molecular weight is 249 g/mol. The van der Waals surface area contributed by atoms with E-state index in [1.54, 1.807) is 6.92 Å². The number of carbonyl (C=O) groups excluding carboxylic acids is 2. The van der Waals surface area contributed by atoms with Crippen molar-refractivity contribution in [1.82, 2.24) is 5.32 Å². The highest BCUT2D eigenvalue weighted by Crippen LogP contribution is 2.21. The SMILES string of the molecule is CC(Cl)C(=O)NC(CCC(C)(C)C)C(N)=O. The van der Waals surface area contributed by atoms with Gasteiger partial charge in [-0.2, -0.15) is 0 Å². The van der Waals surface area contributed by atoms with Crippen LogP contribution in [0.3, 0.4) is 0 Å². The fraction of sp³-hybridized carbons (Fsp3) is 0.818. The molecule has 0 aromatic heterocycles. The van der Waals surface area contributed by atoms with Crippen molar-refractivity contribution in [3.8, 4) is 0 Å². The monoisotopic (exact) mass is 248 g/mol. The van der Waals surface area contributed by atoms with Gasteiger partial charge in [-0.25, -0.2) is 0 Å². The number of hydrogen-bond acceptors (Lipinski definition) is 2. The average Bonchev–Trinajstić information content (AvgIpc) is 2.09. The number of carbonyl (C=O) groups is 2. The molecule has 0 aromatic carbocycles. The van der Waals surface area contributed by atoms with Crippen molar-refractivity contribution in [3.63, 3.8) is 0 Å². The summed E-state index contributed by atoms with van der Waals surface area (Å²) in [6.45, 7) is 7.75. The molecule has 0 aromatic rings. The van der Waals surface area contributed by atoms with E-state index in [-0.39, 0.29) is 11.3 Å². The first-order valence-electron chi connectivity index (χ1n) is 5.37. The number of rotatable bonds is 5. The number of amides is 2. The van der Waals surface area contributed by atoms with E-state index in [0.29, 0.717) is 6.42 Å². The van der Waals surface area contributed by atoms with Crippen molar-refractivity contribution in [1.29, 1.82) is 0 Å². The Bertz CT molecular complexity index is 259. The summed E-state index contributed by atoms with van der Waals surface area (Å²) in [5.41, 5.74) is 5.32. The summed E-state index contributed by atoms with van der Waals surface area (Å²) in [5.74, 6) is -0.880. The minimum atomic E-state index is -0.656. The predicted octanol–water partition coefficient (Wildman–Crippen LogP) is 1.41. The van der Waals surface area contributed by atoms with Gasteiger partial charge in [0.2, 0.25) is 11.8 Å². The molecule has 0 saturated heterocycles. The van der Waals surface area contributed by atoms with Crippen molar-refractivity contribution >= 4 is 23.4 Å². The summed E-state index contributed by atoms with van der Waals surface area (Å²) < 4.78 is 0. The summed E-state index contributed by atoms with van der Waals surface area (Å²) in [4.78, 5) is 22.5. The highest BCUT2D eigenvalue weighted by atomic mass is 35.5. The molecule has 16 heavy (non-hydrogen) atoms. The van der Waals surface area contributed by atoms with Crippen molar-refractivity contribution in [2.24, 2.45) is 11.1 Å². The zero-order valence-electron chi connectivity index (χ0n) is 10.3. The smallest absolute Gasteiger partial charge is 0.240 e. The maximum absolute atomic E-state index is 11.3. The lowest BCUT2D eigenvalue weighted by molar-refractivity contribution is -0.127. The molecule has 94 valence electrons. The van der Waals surface area contributed by atoms with Crippen molar-refractivity contribution in [2.75, 3.05) is 0 Å². The number of halogens is 1. The number of primary amides is 1. The zero-order chi connectivity index (χ0) is 12.9. The van der Waals surface area contributed by atoms with Gasteiger partial charge in [0.1, 0.15) is 11.4 Å². The molecule has 0 saturated carbocycles. The molecule has 5 heteroatoms. The van der Waals surface area contributed by atoms with Crippen LogP contribution in [0.2, 0.25) is 0 Å². The molecular weight excluding hydrogens is 228 g/mol. The fourth-order valence-electron chi connectivity index (χ4n) is 1.15. The Morgan fingerprint density at radius 2 is 1.88 bits per heavy atom. The topological polar surface area (TPSA) is 72.2 Å². The van der Waals surface area contributed by atoms with Crippen LogP contribution in [0, 0.1) is 5.41 Å². The van der Waals surface area contributed by atoms with Crippen molar-refractivity contribution < 1.29 is 9.59 Å². The lowest BCUT2D eigenvalue weighted by Gasteiger charge is -2.22. The molecule has 0 bridgehead atoms. The van der Waals surface area contributed by atoms with Gasteiger partial charge in [0.25, 0.3) is 0 Å². The number of alkyl halides is 1. The van der Waals surface area contributed by atoms with Gasteiger partial charge < -0.3 is 11.1 Å². The van der Waals surface area contributed by atoms with Crippen LogP contribution in [0.1, 0.15) is 40.5 Å². The molecular formula is C11H21ClN2O2. The van der Waals surface area contributed by atoms with Gasteiger partial charge in [0.05, 0.1) is 0 Å². The Balaban J connectivity index is 4.30. The highest BCUT2D eigenvalue weighted by Gasteiger charge is 2.22. The van der Waals surface area contributed by atoms with Crippen LogP contribution in [-0.2, 0) is 9.59 Å². The number of hydrogen-bond donors (Lipinski definition) is 2. The summed E-state index contributed by atoms with van der Waals surface area (Å²) in [6.07, 6.45) is 1.34. The maximum Gasteiger partial charge on any atom is 0.240 e. The van der Waals surface area contributed by atoms with E-state index in [0.717, 1.165) is 6.42 Å². The van der Waals surface area contributed by atoms with E-state index < -0.39 is 17.3 Å². The molecule has 0 aliphatic carbocycles. The van der Waals surface area contributed by atoms with Gasteiger partial charge in [0.15, 0.2) is 0 Å². The summed E-state index contributed by atoms with van der Waals surface area (Å²) in [6, 6.07) is -0.632. The molecule has 0 aliphatic rings. The van der Waals surface area contributed by atoms with E-state index in [1.165, 1.54) is 0 Å². The number of nitrogens with two attached hydrogens (primary N) is 1. The molecule has 0 radical (unpaired) electrons. The maximum atomic E-state index is 11.3. The molecule has 4 nitrogen and oxygen atoms in total. The quantitative estimate of drug-likeness (QED) is 0.722. The minimum Gasteiger partial charge on any atom is -0.368 e. The van der Waals surface area contributed by atoms with E-state index in [2.05, 4.69) is 26.1 Å². The second-order valence-electron chi connectivity index (χ2n) is 5.18. The third-order valence-corrected chi connectivity index (χ3v) is 2.40. The summed E-state index contributed by atoms with van der Waals surface area (Å²) >= 11 is 5.60. The minimum absolute atomic E-state index is 0.102. The van der Waals surface area contributed by atoms with Crippen LogP contribution in [0.4, 0.5) is 0 Å². The fourth-order valence-corrected chi connectivity index (χ4v) is 1.21. The van der Waals surface area contributed by atoms with E-state index in [9.17, 15) is 9.59 Å². The van der Waals surface area contributed by atoms with Gasteiger partial charge in [-0.05, 0) is 25.2 Å². The van der Waals surface area contributed by atoms with Crippen LogP contribution in [0.25, 0.3) is 0 Å². The third kappa shape index (κ3) is 6.67. The molecule has 2 atom stereocenters. The van der Waals surface area contributed by atoms with Gasteiger partial charge in [-0.1, -0.05) is 20.8 Å². The van der Waals surface area contributed by atoms with Crippen LogP contribution in [0.5, 0.6) is 0 Å². The van der Waals surface area contributed by atoms with E-state index in [1.807, 2.05) is 0 Å². The molecule has 3 N–H and O–H groups in total. The van der Waals surface area contributed by atoms with Crippen molar-refractivity contribution in [2.45, 2.75) is 52.0 Å². The molecule has 0 heterocycles. The van der Waals surface area contributed by atoms with E-state index >= 15 is 0 Å². The summed E-state index contributed by atoms with van der Waals surface area (Å²) in [7, 11) is 0. The summed E-state index contributed by atoms with van der Waals surface area (Å²) in [5, 5.41) is 1.89. The molecule has 0 spiro atoms. The van der Waals surface area contributed by atoms with Crippen LogP contribution < -0.4 is 11.1 Å². The first kappa shape index (κ1) is 15.2. The Morgan fingerprint density at radius 3 is 2.19 bits per heavy atom. The lowest BCUT2D eigenvalue weighted by Crippen LogP contribution is -2.46. The highest BCUT2D eigenvalue weighted by molar-refractivity contribution is 6.30. The van der Waals surface area contributed by atoms with Gasteiger partial charge in [-0.15, -0.1) is 11.6 Å². The lowest BCUT2D eigenvalue weighted by atomic mass is 9.88. The molecule has 2 unspecified atom stereocenters. The standard InChI is InChI=1S/C11H21ClN2O2/c1-7(12)10(16)14-8(9(13)15)5-6-11(2,3)4/h7-8H,5-6H2,1-4H3,(H2,13,15)(H,14,16). The Labute approximate surface area is 102 Å². The van der Waals surface area contributed by atoms with Crippen LogP contribution >= 0.6 is 11.6 Å². The van der Waals surface area contributed by atoms with Crippen LogP contribution in [0.15, 0.2) is 0 Å². The molecule has 0 aliphatic heterocycles. The molecule has 2 amide bonds. The van der Waals surface area contributed by atoms with Gasteiger partial charge >= 0.3 is 0 Å². The predicted molar refractivity (Wildman–Crippen MR) is 65.1 cm³/mol. The second-order valence-corrected chi connectivity index (χ2v) is 5.83. The van der Waals surface area contributed by atoms with Crippen LogP contribution in [-0.4, -0.2) is 23.2 Å². The number of nitrogens with one attached hydrogen (secondary N) is 1. The van der Waals surface area contributed by atoms with Gasteiger partial charge in [-0.3, -0.25) is 9.59 Å². The Hall–Kier alpha value is -0.770. The second kappa shape index (κ2) is 6.09. The Kier molecular flexibility index (Phi) is 5.79.